The third-order valence-electron chi connectivity index (χ3n) is 3.30. The number of benzene rings is 1. The Morgan fingerprint density at radius 1 is 1.25 bits per heavy atom. The summed E-state index contributed by atoms with van der Waals surface area (Å²) in [5, 5.41) is 8.70. The summed E-state index contributed by atoms with van der Waals surface area (Å²) in [4.78, 5) is 0. The van der Waals surface area contributed by atoms with Gasteiger partial charge in [0, 0.05) is 36.5 Å². The van der Waals surface area contributed by atoms with Crippen molar-refractivity contribution in [2.75, 3.05) is 20.3 Å². The number of hydrogen-bond donors (Lipinski definition) is 1. The van der Waals surface area contributed by atoms with Gasteiger partial charge in [0.2, 0.25) is 0 Å². The largest absolute Gasteiger partial charge is 0.383 e. The summed E-state index contributed by atoms with van der Waals surface area (Å²) in [5.74, 6) is 0. The number of rotatable bonds is 6. The number of aryl methyl sites for hydroxylation is 1. The number of methoxy groups -OCH3 is 1. The van der Waals surface area contributed by atoms with Gasteiger partial charge in [-0.3, -0.25) is 0 Å². The first-order valence-electron chi connectivity index (χ1n) is 6.64. The molecule has 1 aromatic carbocycles. The highest BCUT2D eigenvalue weighted by molar-refractivity contribution is 6.30. The second-order valence-electron chi connectivity index (χ2n) is 4.71. The molecule has 0 amide bonds. The average Bonchev–Trinajstić information content (AvgIpc) is 2.72. The summed E-state index contributed by atoms with van der Waals surface area (Å²) in [6.07, 6.45) is 0. The van der Waals surface area contributed by atoms with Crippen molar-refractivity contribution < 1.29 is 4.74 Å². The van der Waals surface area contributed by atoms with Crippen molar-refractivity contribution in [3.05, 3.63) is 46.2 Å². The van der Waals surface area contributed by atoms with Crippen LogP contribution in [0.15, 0.2) is 24.3 Å². The van der Waals surface area contributed by atoms with Gasteiger partial charge in [-0.1, -0.05) is 11.6 Å². The summed E-state index contributed by atoms with van der Waals surface area (Å²) < 4.78 is 6.99. The van der Waals surface area contributed by atoms with Crippen molar-refractivity contribution >= 4 is 11.6 Å². The van der Waals surface area contributed by atoms with Gasteiger partial charge in [0.15, 0.2) is 0 Å². The Bertz CT molecular complexity index is 563. The first-order valence-corrected chi connectivity index (χ1v) is 7.02. The monoisotopic (exact) mass is 293 g/mol. The van der Waals surface area contributed by atoms with E-state index in [0.717, 1.165) is 35.2 Å². The highest BCUT2D eigenvalue weighted by Crippen LogP contribution is 2.19. The van der Waals surface area contributed by atoms with Crippen LogP contribution in [-0.4, -0.2) is 30.0 Å². The molecule has 0 saturated heterocycles. The lowest BCUT2D eigenvalue weighted by atomic mass is 10.2. The smallest absolute Gasteiger partial charge is 0.0649 e. The van der Waals surface area contributed by atoms with Gasteiger partial charge in [0.25, 0.3) is 0 Å². The van der Waals surface area contributed by atoms with Gasteiger partial charge >= 0.3 is 0 Å². The lowest BCUT2D eigenvalue weighted by Crippen LogP contribution is -2.19. The zero-order valence-corrected chi connectivity index (χ0v) is 12.9. The molecule has 5 heteroatoms. The van der Waals surface area contributed by atoms with Gasteiger partial charge in [0.05, 0.1) is 18.0 Å². The minimum absolute atomic E-state index is 0.712. The molecule has 0 radical (unpaired) electrons. The molecule has 0 spiro atoms. The zero-order valence-electron chi connectivity index (χ0n) is 12.1. The molecular weight excluding hydrogens is 274 g/mol. The van der Waals surface area contributed by atoms with Gasteiger partial charge in [-0.2, -0.15) is 5.10 Å². The van der Waals surface area contributed by atoms with E-state index >= 15 is 0 Å². The molecular formula is C15H20ClN3O. The van der Waals surface area contributed by atoms with Crippen molar-refractivity contribution in [3.63, 3.8) is 0 Å². The van der Waals surface area contributed by atoms with Crippen molar-refractivity contribution in [2.24, 2.45) is 0 Å². The minimum Gasteiger partial charge on any atom is -0.383 e. The number of hydrogen-bond acceptors (Lipinski definition) is 3. The first kappa shape index (κ1) is 15.0. The van der Waals surface area contributed by atoms with Crippen molar-refractivity contribution in [2.45, 2.75) is 20.4 Å². The van der Waals surface area contributed by atoms with Crippen LogP contribution in [0.3, 0.4) is 0 Å². The average molecular weight is 294 g/mol. The summed E-state index contributed by atoms with van der Waals surface area (Å²) in [5.41, 5.74) is 4.45. The van der Waals surface area contributed by atoms with E-state index in [9.17, 15) is 0 Å². The van der Waals surface area contributed by atoms with E-state index in [1.165, 1.54) is 5.56 Å². The molecule has 2 aromatic rings. The second-order valence-corrected chi connectivity index (χ2v) is 5.14. The van der Waals surface area contributed by atoms with E-state index in [1.807, 2.05) is 35.9 Å². The minimum atomic E-state index is 0.712. The number of ether oxygens (including phenoxy) is 1. The second kappa shape index (κ2) is 6.88. The molecule has 0 aliphatic heterocycles. The molecule has 1 heterocycles. The van der Waals surface area contributed by atoms with Gasteiger partial charge in [0.1, 0.15) is 0 Å². The summed E-state index contributed by atoms with van der Waals surface area (Å²) >= 11 is 5.92. The fraction of sp³-hybridized carbons (Fsp3) is 0.400. The molecule has 0 atom stereocenters. The molecule has 0 saturated carbocycles. The van der Waals surface area contributed by atoms with Crippen molar-refractivity contribution in [1.29, 1.82) is 0 Å². The maximum absolute atomic E-state index is 5.92. The van der Waals surface area contributed by atoms with Gasteiger partial charge < -0.3 is 10.1 Å². The fourth-order valence-electron chi connectivity index (χ4n) is 2.15. The molecule has 0 aliphatic carbocycles. The van der Waals surface area contributed by atoms with E-state index in [-0.39, 0.29) is 0 Å². The SMILES string of the molecule is COCCNCc1c(C)nn(-c2ccc(Cl)cc2)c1C. The predicted octanol–water partition coefficient (Wildman–Crippen LogP) is 2.88. The molecule has 108 valence electrons. The topological polar surface area (TPSA) is 39.1 Å². The third-order valence-corrected chi connectivity index (χ3v) is 3.55. The molecule has 0 fully saturated rings. The van der Waals surface area contributed by atoms with Crippen LogP contribution in [0.4, 0.5) is 0 Å². The fourth-order valence-corrected chi connectivity index (χ4v) is 2.28. The van der Waals surface area contributed by atoms with E-state index in [4.69, 9.17) is 16.3 Å². The van der Waals surface area contributed by atoms with Crippen LogP contribution in [-0.2, 0) is 11.3 Å². The van der Waals surface area contributed by atoms with Crippen LogP contribution in [0.25, 0.3) is 5.69 Å². The van der Waals surface area contributed by atoms with Crippen LogP contribution in [0.5, 0.6) is 0 Å². The number of nitrogens with zero attached hydrogens (tertiary/aromatic N) is 2. The molecule has 1 aromatic heterocycles. The number of aromatic nitrogens is 2. The van der Waals surface area contributed by atoms with Crippen molar-refractivity contribution in [3.8, 4) is 5.69 Å². The van der Waals surface area contributed by atoms with E-state index < -0.39 is 0 Å². The molecule has 0 unspecified atom stereocenters. The maximum Gasteiger partial charge on any atom is 0.0649 e. The van der Waals surface area contributed by atoms with Crippen LogP contribution in [0.1, 0.15) is 17.0 Å². The Kier molecular flexibility index (Phi) is 5.17. The lowest BCUT2D eigenvalue weighted by Gasteiger charge is -2.07. The Balaban J connectivity index is 2.17. The highest BCUT2D eigenvalue weighted by Gasteiger charge is 2.12. The summed E-state index contributed by atoms with van der Waals surface area (Å²) in [7, 11) is 1.71. The Hall–Kier alpha value is -1.36. The van der Waals surface area contributed by atoms with Crippen LogP contribution in [0.2, 0.25) is 5.02 Å². The molecule has 0 bridgehead atoms. The Morgan fingerprint density at radius 2 is 1.95 bits per heavy atom. The molecule has 0 aliphatic rings. The summed E-state index contributed by atoms with van der Waals surface area (Å²) in [6, 6.07) is 7.71. The van der Waals surface area contributed by atoms with Gasteiger partial charge in [-0.05, 0) is 38.1 Å². The van der Waals surface area contributed by atoms with Gasteiger partial charge in [-0.25, -0.2) is 4.68 Å². The molecule has 20 heavy (non-hydrogen) atoms. The Labute approximate surface area is 124 Å². The maximum atomic E-state index is 5.92. The summed E-state index contributed by atoms with van der Waals surface area (Å²) in [6.45, 7) is 6.47. The van der Waals surface area contributed by atoms with E-state index in [1.54, 1.807) is 7.11 Å². The number of nitrogens with one attached hydrogen (secondary N) is 1. The lowest BCUT2D eigenvalue weighted by molar-refractivity contribution is 0.199. The third kappa shape index (κ3) is 3.39. The Morgan fingerprint density at radius 3 is 2.60 bits per heavy atom. The predicted molar refractivity (Wildman–Crippen MR) is 81.6 cm³/mol. The van der Waals surface area contributed by atoms with Crippen LogP contribution >= 0.6 is 11.6 Å². The van der Waals surface area contributed by atoms with Gasteiger partial charge in [-0.15, -0.1) is 0 Å². The zero-order chi connectivity index (χ0) is 14.5. The number of halogens is 1. The standard InChI is InChI=1S/C15H20ClN3O/c1-11-15(10-17-8-9-20-3)12(2)19(18-11)14-6-4-13(16)5-7-14/h4-7,17H,8-10H2,1-3H3. The molecule has 4 nitrogen and oxygen atoms in total. The highest BCUT2D eigenvalue weighted by atomic mass is 35.5. The van der Waals surface area contributed by atoms with Crippen LogP contribution in [0, 0.1) is 13.8 Å². The quantitative estimate of drug-likeness (QED) is 0.833. The van der Waals surface area contributed by atoms with Crippen molar-refractivity contribution in [1.82, 2.24) is 15.1 Å². The molecule has 1 N–H and O–H groups in total. The van der Waals surface area contributed by atoms with E-state index in [2.05, 4.69) is 17.3 Å². The normalized spacial score (nSPS) is 11.0. The van der Waals surface area contributed by atoms with Crippen LogP contribution < -0.4 is 5.32 Å². The molecule has 2 rings (SSSR count). The first-order chi connectivity index (χ1) is 9.63. The van der Waals surface area contributed by atoms with E-state index in [0.29, 0.717) is 6.61 Å².